The molecule has 0 radical (unpaired) electrons. The number of nitrogens with one attached hydrogen (secondary N) is 1. The number of ether oxygens (including phenoxy) is 2. The number of benzene rings is 1. The maximum atomic E-state index is 13.1. The van der Waals surface area contributed by atoms with Crippen LogP contribution in [0.1, 0.15) is 22.7 Å². The first-order valence-corrected chi connectivity index (χ1v) is 12.4. The number of nitrogens with zero attached hydrogens (tertiary/aromatic N) is 2. The number of aliphatic hydroxyl groups is 1. The predicted molar refractivity (Wildman–Crippen MR) is 121 cm³/mol. The van der Waals surface area contributed by atoms with Crippen molar-refractivity contribution < 1.29 is 27.8 Å². The van der Waals surface area contributed by atoms with E-state index in [9.17, 15) is 23.1 Å². The van der Waals surface area contributed by atoms with Gasteiger partial charge in [-0.25, -0.2) is 13.4 Å². The lowest BCUT2D eigenvalue weighted by Gasteiger charge is -2.22. The molecule has 1 aliphatic heterocycles. The lowest BCUT2D eigenvalue weighted by molar-refractivity contribution is -0.149. The minimum Gasteiger partial charge on any atom is -0.497 e. The minimum atomic E-state index is -4.07. The summed E-state index contributed by atoms with van der Waals surface area (Å²) < 4.78 is 37.5. The molecule has 12 heteroatoms. The number of aromatic nitrogens is 2. The van der Waals surface area contributed by atoms with Gasteiger partial charge in [0, 0.05) is 17.8 Å². The number of hydrogen-bond donors (Lipinski definition) is 2. The molecule has 1 aliphatic rings. The summed E-state index contributed by atoms with van der Waals surface area (Å²) in [4.78, 5) is 33.6. The number of carbonyl (C=O) groups is 1. The van der Waals surface area contributed by atoms with Crippen LogP contribution in [0.5, 0.6) is 5.75 Å². The zero-order valence-electron chi connectivity index (χ0n) is 18.2. The van der Waals surface area contributed by atoms with Crippen LogP contribution in [0.2, 0.25) is 0 Å². The first kappa shape index (κ1) is 23.4. The summed E-state index contributed by atoms with van der Waals surface area (Å²) in [6.07, 6.45) is -1.11. The third-order valence-electron chi connectivity index (χ3n) is 5.61. The average molecular weight is 494 g/mol. The number of methoxy groups -OCH3 is 1. The van der Waals surface area contributed by atoms with Crippen LogP contribution in [0.4, 0.5) is 0 Å². The Labute approximate surface area is 193 Å². The van der Waals surface area contributed by atoms with Gasteiger partial charge in [0.1, 0.15) is 29.1 Å². The van der Waals surface area contributed by atoms with Gasteiger partial charge in [-0.05, 0) is 43.7 Å². The number of aliphatic hydroxyl groups excluding tert-OH is 1. The molecule has 2 aromatic heterocycles. The van der Waals surface area contributed by atoms with E-state index in [2.05, 4.69) is 9.97 Å². The number of H-pyrrole nitrogens is 1. The molecule has 3 heterocycles. The normalized spacial score (nSPS) is 19.2. The van der Waals surface area contributed by atoms with Crippen molar-refractivity contribution in [2.75, 3.05) is 13.7 Å². The Balaban J connectivity index is 1.53. The van der Waals surface area contributed by atoms with E-state index >= 15 is 0 Å². The van der Waals surface area contributed by atoms with Crippen LogP contribution in [-0.4, -0.2) is 59.6 Å². The number of sulfonamides is 1. The topological polar surface area (TPSA) is 139 Å². The molecule has 0 aliphatic carbocycles. The van der Waals surface area contributed by atoms with Crippen molar-refractivity contribution in [3.05, 3.63) is 50.9 Å². The molecule has 0 saturated carbocycles. The van der Waals surface area contributed by atoms with Gasteiger partial charge in [-0.3, -0.25) is 9.59 Å². The van der Waals surface area contributed by atoms with E-state index in [0.29, 0.717) is 16.0 Å². The number of fused-ring (bicyclic) bond motifs is 1. The molecule has 1 saturated heterocycles. The molecule has 176 valence electrons. The van der Waals surface area contributed by atoms with Gasteiger partial charge in [0.25, 0.3) is 5.56 Å². The molecule has 3 aromatic rings. The van der Waals surface area contributed by atoms with E-state index in [-0.39, 0.29) is 35.9 Å². The van der Waals surface area contributed by atoms with Gasteiger partial charge < -0.3 is 19.6 Å². The van der Waals surface area contributed by atoms with Gasteiger partial charge >= 0.3 is 5.97 Å². The zero-order chi connectivity index (χ0) is 23.9. The fourth-order valence-corrected chi connectivity index (χ4v) is 6.43. The summed E-state index contributed by atoms with van der Waals surface area (Å²) in [5, 5.41) is 10.6. The van der Waals surface area contributed by atoms with E-state index in [1.807, 2.05) is 13.8 Å². The summed E-state index contributed by atoms with van der Waals surface area (Å²) in [5.41, 5.74) is 0.527. The van der Waals surface area contributed by atoms with E-state index in [4.69, 9.17) is 9.47 Å². The van der Waals surface area contributed by atoms with Crippen molar-refractivity contribution in [1.29, 1.82) is 0 Å². The van der Waals surface area contributed by atoms with Gasteiger partial charge in [0.05, 0.1) is 23.5 Å². The summed E-state index contributed by atoms with van der Waals surface area (Å²) >= 11 is 1.37. The third-order valence-corrected chi connectivity index (χ3v) is 8.60. The van der Waals surface area contributed by atoms with Crippen molar-refractivity contribution >= 4 is 37.5 Å². The van der Waals surface area contributed by atoms with Crippen LogP contribution in [-0.2, 0) is 26.2 Å². The first-order chi connectivity index (χ1) is 15.6. The molecule has 33 heavy (non-hydrogen) atoms. The first-order valence-electron chi connectivity index (χ1n) is 10.1. The lowest BCUT2D eigenvalue weighted by atomic mass is 10.2. The van der Waals surface area contributed by atoms with Crippen LogP contribution in [0.25, 0.3) is 10.2 Å². The van der Waals surface area contributed by atoms with Crippen molar-refractivity contribution in [2.24, 2.45) is 0 Å². The molecule has 0 unspecified atom stereocenters. The molecular weight excluding hydrogens is 470 g/mol. The monoisotopic (exact) mass is 493 g/mol. The van der Waals surface area contributed by atoms with E-state index in [1.165, 1.54) is 42.7 Å². The van der Waals surface area contributed by atoms with Gasteiger partial charge in [0.15, 0.2) is 0 Å². The van der Waals surface area contributed by atoms with Gasteiger partial charge in [-0.15, -0.1) is 11.3 Å². The summed E-state index contributed by atoms with van der Waals surface area (Å²) in [7, 11) is -2.60. The second kappa shape index (κ2) is 8.86. The van der Waals surface area contributed by atoms with Crippen molar-refractivity contribution in [2.45, 2.75) is 43.9 Å². The highest BCUT2D eigenvalue weighted by Gasteiger charge is 2.44. The molecule has 1 aromatic carbocycles. The van der Waals surface area contributed by atoms with Crippen LogP contribution >= 0.6 is 11.3 Å². The lowest BCUT2D eigenvalue weighted by Crippen LogP contribution is -2.41. The Morgan fingerprint density at radius 1 is 1.30 bits per heavy atom. The van der Waals surface area contributed by atoms with Gasteiger partial charge in [0.2, 0.25) is 10.0 Å². The van der Waals surface area contributed by atoms with Crippen LogP contribution in [0.15, 0.2) is 34.0 Å². The van der Waals surface area contributed by atoms with Crippen LogP contribution < -0.4 is 10.3 Å². The maximum absolute atomic E-state index is 13.1. The Morgan fingerprint density at radius 3 is 2.67 bits per heavy atom. The smallest absolute Gasteiger partial charge is 0.325 e. The molecule has 4 rings (SSSR count). The number of aryl methyl sites for hydroxylation is 2. The van der Waals surface area contributed by atoms with Crippen molar-refractivity contribution in [3.8, 4) is 5.75 Å². The SMILES string of the molecule is COc1ccc(S(=O)(=O)N2C[C@@H](O)C[C@@H]2C(=O)OCc2nc3sc(C)c(C)c3c(=O)[nH]2)cc1. The fourth-order valence-electron chi connectivity index (χ4n) is 3.75. The van der Waals surface area contributed by atoms with Gasteiger partial charge in [-0.1, -0.05) is 0 Å². The average Bonchev–Trinajstić information content (AvgIpc) is 3.32. The predicted octanol–water partition coefficient (Wildman–Crippen LogP) is 1.48. The number of thiophene rings is 1. The highest BCUT2D eigenvalue weighted by atomic mass is 32.2. The number of aromatic amines is 1. The second-order valence-corrected chi connectivity index (χ2v) is 10.8. The quantitative estimate of drug-likeness (QED) is 0.492. The van der Waals surface area contributed by atoms with Crippen molar-refractivity contribution in [3.63, 3.8) is 0 Å². The van der Waals surface area contributed by atoms with E-state index < -0.39 is 28.1 Å². The Morgan fingerprint density at radius 2 is 2.00 bits per heavy atom. The Kier molecular flexibility index (Phi) is 6.27. The van der Waals surface area contributed by atoms with Gasteiger partial charge in [-0.2, -0.15) is 4.31 Å². The zero-order valence-corrected chi connectivity index (χ0v) is 19.8. The standard InChI is InChI=1S/C21H23N3O7S2/c1-11-12(2)32-20-18(11)19(26)22-17(23-20)10-31-21(27)16-8-13(25)9-24(16)33(28,29)15-6-4-14(30-3)5-7-15/h4-7,13,16,25H,8-10H2,1-3H3,(H,22,23,26)/t13-,16+/m0/s1. The highest BCUT2D eigenvalue weighted by molar-refractivity contribution is 7.89. The largest absolute Gasteiger partial charge is 0.497 e. The minimum absolute atomic E-state index is 0.0323. The molecular formula is C21H23N3O7S2. The van der Waals surface area contributed by atoms with Crippen LogP contribution in [0.3, 0.4) is 0 Å². The molecule has 0 spiro atoms. The summed E-state index contributed by atoms with van der Waals surface area (Å²) in [6, 6.07) is 4.54. The molecule has 2 N–H and O–H groups in total. The molecule has 0 bridgehead atoms. The number of rotatable bonds is 6. The highest BCUT2D eigenvalue weighted by Crippen LogP contribution is 2.29. The Bertz CT molecular complexity index is 1360. The van der Waals surface area contributed by atoms with E-state index in [1.54, 1.807) is 0 Å². The van der Waals surface area contributed by atoms with Crippen LogP contribution in [0, 0.1) is 13.8 Å². The maximum Gasteiger partial charge on any atom is 0.325 e. The third kappa shape index (κ3) is 4.38. The number of β-amino-alcohol motifs (C(OH)–C–C–N with tert-alkyl or cyclic N) is 1. The van der Waals surface area contributed by atoms with E-state index in [0.717, 1.165) is 14.7 Å². The number of carbonyl (C=O) groups excluding carboxylic acids is 1. The Hall–Kier alpha value is -2.80. The fraction of sp³-hybridized carbons (Fsp3) is 0.381. The summed E-state index contributed by atoms with van der Waals surface area (Å²) in [5.74, 6) is -0.184. The number of hydrogen-bond acceptors (Lipinski definition) is 9. The van der Waals surface area contributed by atoms with Crippen molar-refractivity contribution in [1.82, 2.24) is 14.3 Å². The number of esters is 1. The second-order valence-electron chi connectivity index (χ2n) is 7.74. The molecule has 2 atom stereocenters. The summed E-state index contributed by atoms with van der Waals surface area (Å²) in [6.45, 7) is 3.17. The molecule has 10 nitrogen and oxygen atoms in total. The molecule has 0 amide bonds. The molecule has 1 fully saturated rings.